The molecule has 4 rings (SSSR count). The molecule has 0 spiro atoms. The van der Waals surface area contributed by atoms with E-state index >= 15 is 0 Å². The first-order valence-corrected chi connectivity index (χ1v) is 8.42. The quantitative estimate of drug-likeness (QED) is 0.229. The van der Waals surface area contributed by atoms with Crippen molar-refractivity contribution in [3.8, 4) is 11.3 Å². The molecule has 0 saturated heterocycles. The van der Waals surface area contributed by atoms with Crippen LogP contribution in [0.1, 0.15) is 20.8 Å². The van der Waals surface area contributed by atoms with Crippen LogP contribution in [0.15, 0.2) is 79.0 Å². The molecule has 0 atom stereocenters. The Balaban J connectivity index is 1.91. The lowest BCUT2D eigenvalue weighted by molar-refractivity contribution is -0.384. The van der Waals surface area contributed by atoms with Crippen LogP contribution in [0.4, 0.5) is 5.69 Å². The van der Waals surface area contributed by atoms with Gasteiger partial charge in [0.2, 0.25) is 5.78 Å². The van der Waals surface area contributed by atoms with E-state index in [-0.39, 0.29) is 22.6 Å². The molecule has 2 heterocycles. The molecule has 7 nitrogen and oxygen atoms in total. The fourth-order valence-electron chi connectivity index (χ4n) is 3.01. The van der Waals surface area contributed by atoms with E-state index in [1.165, 1.54) is 22.6 Å². The van der Waals surface area contributed by atoms with Crippen LogP contribution >= 0.6 is 0 Å². The summed E-state index contributed by atoms with van der Waals surface area (Å²) in [4.78, 5) is 40.9. The number of rotatable bonds is 5. The van der Waals surface area contributed by atoms with Crippen molar-refractivity contribution >= 4 is 22.9 Å². The molecule has 4 aromatic rings. The zero-order valence-electron chi connectivity index (χ0n) is 14.5. The molecule has 28 heavy (non-hydrogen) atoms. The number of aromatic nitrogens is 2. The fraction of sp³-hybridized carbons (Fsp3) is 0. The summed E-state index contributed by atoms with van der Waals surface area (Å²) in [5.74, 6) is -1.40. The molecule has 0 N–H and O–H groups in total. The third-order valence-corrected chi connectivity index (χ3v) is 4.32. The Hall–Kier alpha value is -4.13. The molecule has 2 aromatic carbocycles. The molecule has 0 saturated carbocycles. The Kier molecular flexibility index (Phi) is 4.25. The van der Waals surface area contributed by atoms with Gasteiger partial charge in [0, 0.05) is 29.5 Å². The standard InChI is InChI=1S/C21H13N3O4/c25-20(14-7-2-1-3-8-14)21(26)19-18(22-17-11-4-5-12-23(17)19)15-9-6-10-16(13-15)24(27)28/h1-13H. The summed E-state index contributed by atoms with van der Waals surface area (Å²) in [5.41, 5.74) is 1.30. The van der Waals surface area contributed by atoms with Crippen molar-refractivity contribution < 1.29 is 14.5 Å². The molecule has 0 aliphatic rings. The van der Waals surface area contributed by atoms with Crippen LogP contribution in [-0.2, 0) is 0 Å². The third-order valence-electron chi connectivity index (χ3n) is 4.32. The molecule has 0 aliphatic carbocycles. The zero-order valence-corrected chi connectivity index (χ0v) is 14.5. The van der Waals surface area contributed by atoms with Crippen LogP contribution in [0.2, 0.25) is 0 Å². The minimum absolute atomic E-state index is 0.0740. The summed E-state index contributed by atoms with van der Waals surface area (Å²) in [5, 5.41) is 11.1. The SMILES string of the molecule is O=C(C(=O)c1c(-c2cccc([N+](=O)[O-])c2)nc2ccccn12)c1ccccc1. The van der Waals surface area contributed by atoms with Gasteiger partial charge in [-0.15, -0.1) is 0 Å². The maximum absolute atomic E-state index is 13.1. The molecule has 0 radical (unpaired) electrons. The van der Waals surface area contributed by atoms with Crippen LogP contribution in [0, 0.1) is 10.1 Å². The first-order chi connectivity index (χ1) is 13.6. The molecule has 136 valence electrons. The van der Waals surface area contributed by atoms with Crippen molar-refractivity contribution in [2.45, 2.75) is 0 Å². The van der Waals surface area contributed by atoms with Crippen molar-refractivity contribution in [3.05, 3.63) is 100 Å². The van der Waals surface area contributed by atoms with Gasteiger partial charge in [-0.2, -0.15) is 0 Å². The minimum atomic E-state index is -0.730. The highest BCUT2D eigenvalue weighted by molar-refractivity contribution is 6.49. The van der Waals surface area contributed by atoms with Gasteiger partial charge < -0.3 is 0 Å². The molecule has 0 unspecified atom stereocenters. The maximum Gasteiger partial charge on any atom is 0.270 e. The third kappa shape index (κ3) is 2.95. The van der Waals surface area contributed by atoms with E-state index in [1.807, 2.05) is 0 Å². The molecule has 2 aromatic heterocycles. The number of non-ortho nitro benzene ring substituents is 1. The normalized spacial score (nSPS) is 10.7. The average molecular weight is 371 g/mol. The smallest absolute Gasteiger partial charge is 0.270 e. The van der Waals surface area contributed by atoms with Crippen LogP contribution < -0.4 is 0 Å². The lowest BCUT2D eigenvalue weighted by Crippen LogP contribution is -2.17. The number of nitrogens with zero attached hydrogens (tertiary/aromatic N) is 3. The van der Waals surface area contributed by atoms with Crippen LogP contribution in [0.3, 0.4) is 0 Å². The Labute approximate surface area is 159 Å². The van der Waals surface area contributed by atoms with E-state index in [4.69, 9.17) is 0 Å². The highest BCUT2D eigenvalue weighted by Crippen LogP contribution is 2.28. The van der Waals surface area contributed by atoms with E-state index in [1.54, 1.807) is 60.8 Å². The zero-order chi connectivity index (χ0) is 19.7. The highest BCUT2D eigenvalue weighted by Gasteiger charge is 2.27. The Morgan fingerprint density at radius 1 is 0.893 bits per heavy atom. The number of nitro benzene ring substituents is 1. The number of nitro groups is 1. The predicted molar refractivity (Wildman–Crippen MR) is 102 cm³/mol. The van der Waals surface area contributed by atoms with Crippen molar-refractivity contribution in [3.63, 3.8) is 0 Å². The highest BCUT2D eigenvalue weighted by atomic mass is 16.6. The number of ketones is 2. The van der Waals surface area contributed by atoms with E-state index in [0.29, 0.717) is 11.2 Å². The number of carbonyl (C=O) groups is 2. The number of pyridine rings is 1. The molecule has 0 aliphatic heterocycles. The summed E-state index contributed by atoms with van der Waals surface area (Å²) in [6.45, 7) is 0. The van der Waals surface area contributed by atoms with Gasteiger partial charge in [0.25, 0.3) is 11.5 Å². The van der Waals surface area contributed by atoms with Gasteiger partial charge in [0.05, 0.1) is 4.92 Å². The van der Waals surface area contributed by atoms with Crippen LogP contribution in [0.25, 0.3) is 16.9 Å². The van der Waals surface area contributed by atoms with Crippen LogP contribution in [0.5, 0.6) is 0 Å². The average Bonchev–Trinajstić information content (AvgIpc) is 3.13. The van der Waals surface area contributed by atoms with Gasteiger partial charge in [-0.1, -0.05) is 48.5 Å². The number of hydrogen-bond donors (Lipinski definition) is 0. The Morgan fingerprint density at radius 2 is 1.64 bits per heavy atom. The summed E-state index contributed by atoms with van der Waals surface area (Å²) < 4.78 is 1.53. The van der Waals surface area contributed by atoms with Gasteiger partial charge in [0.1, 0.15) is 17.0 Å². The second-order valence-corrected chi connectivity index (χ2v) is 6.07. The largest absolute Gasteiger partial charge is 0.296 e. The van der Waals surface area contributed by atoms with Crippen molar-refractivity contribution in [1.82, 2.24) is 9.38 Å². The van der Waals surface area contributed by atoms with Crippen molar-refractivity contribution in [1.29, 1.82) is 0 Å². The number of imidazole rings is 1. The second kappa shape index (κ2) is 6.88. The predicted octanol–water partition coefficient (Wildman–Crippen LogP) is 3.98. The van der Waals surface area contributed by atoms with E-state index in [9.17, 15) is 19.7 Å². The van der Waals surface area contributed by atoms with Crippen molar-refractivity contribution in [2.24, 2.45) is 0 Å². The number of carbonyl (C=O) groups excluding carboxylic acids is 2. The molecule has 0 fully saturated rings. The van der Waals surface area contributed by atoms with Gasteiger partial charge in [-0.3, -0.25) is 24.1 Å². The summed E-state index contributed by atoms with van der Waals surface area (Å²) in [7, 11) is 0. The molecular weight excluding hydrogens is 358 g/mol. The van der Waals surface area contributed by atoms with Gasteiger partial charge in [0.15, 0.2) is 0 Å². The summed E-state index contributed by atoms with van der Waals surface area (Å²) in [6, 6.07) is 19.3. The molecule has 0 bridgehead atoms. The molecular formula is C21H13N3O4. The fourth-order valence-corrected chi connectivity index (χ4v) is 3.01. The lowest BCUT2D eigenvalue weighted by atomic mass is 10.0. The first kappa shape index (κ1) is 17.3. The molecule has 0 amide bonds. The molecule has 7 heteroatoms. The second-order valence-electron chi connectivity index (χ2n) is 6.07. The van der Waals surface area contributed by atoms with E-state index < -0.39 is 16.5 Å². The van der Waals surface area contributed by atoms with Crippen molar-refractivity contribution in [2.75, 3.05) is 0 Å². The number of Topliss-reactive ketones (excluding diaryl/α,β-unsaturated/α-hetero) is 2. The van der Waals surface area contributed by atoms with Gasteiger partial charge in [-0.05, 0) is 12.1 Å². The van der Waals surface area contributed by atoms with Crippen LogP contribution in [-0.4, -0.2) is 25.9 Å². The Bertz CT molecular complexity index is 1230. The maximum atomic E-state index is 13.1. The number of hydrogen-bond acceptors (Lipinski definition) is 5. The number of fused-ring (bicyclic) bond motifs is 1. The summed E-state index contributed by atoms with van der Waals surface area (Å²) in [6.07, 6.45) is 1.63. The van der Waals surface area contributed by atoms with Gasteiger partial charge >= 0.3 is 0 Å². The van der Waals surface area contributed by atoms with Gasteiger partial charge in [-0.25, -0.2) is 4.98 Å². The monoisotopic (exact) mass is 371 g/mol. The topological polar surface area (TPSA) is 94.6 Å². The Morgan fingerprint density at radius 3 is 2.39 bits per heavy atom. The summed E-state index contributed by atoms with van der Waals surface area (Å²) >= 11 is 0. The van der Waals surface area contributed by atoms with E-state index in [2.05, 4.69) is 4.98 Å². The lowest BCUT2D eigenvalue weighted by Gasteiger charge is -2.05. The minimum Gasteiger partial charge on any atom is -0.296 e. The number of benzene rings is 2. The first-order valence-electron chi connectivity index (χ1n) is 8.42. The van der Waals surface area contributed by atoms with E-state index in [0.717, 1.165) is 0 Å².